The van der Waals surface area contributed by atoms with Gasteiger partial charge in [0.15, 0.2) is 11.5 Å². The van der Waals surface area contributed by atoms with Crippen molar-refractivity contribution in [3.63, 3.8) is 0 Å². The van der Waals surface area contributed by atoms with Crippen LogP contribution >= 0.6 is 0 Å². The predicted octanol–water partition coefficient (Wildman–Crippen LogP) is 2.07. The minimum Gasteiger partial charge on any atom is -0.335 e. The molecule has 1 aliphatic heterocycles. The molecule has 3 aromatic rings. The van der Waals surface area contributed by atoms with Crippen LogP contribution in [-0.4, -0.2) is 55.0 Å². The largest absolute Gasteiger partial charge is 0.335 e. The average Bonchev–Trinajstić information content (AvgIpc) is 3.33. The van der Waals surface area contributed by atoms with Gasteiger partial charge < -0.3 is 10.1 Å². The third kappa shape index (κ3) is 3.20. The third-order valence-electron chi connectivity index (χ3n) is 5.00. The van der Waals surface area contributed by atoms with Gasteiger partial charge >= 0.3 is 0 Å². The monoisotopic (exact) mass is 353 g/mol. The number of aryl methyl sites for hydroxylation is 1. The number of fused-ring (bicyclic) bond motifs is 1. The van der Waals surface area contributed by atoms with E-state index in [1.165, 1.54) is 0 Å². The third-order valence-corrected chi connectivity index (χ3v) is 5.00. The number of hydrogen-bond donors (Lipinski definition) is 1. The first-order valence-corrected chi connectivity index (χ1v) is 9.06. The van der Waals surface area contributed by atoms with E-state index in [1.807, 2.05) is 29.5 Å². The molecule has 136 valence electrons. The molecule has 1 N–H and O–H groups in total. The number of carbonyl (C=O) groups excluding carboxylic acids is 1. The summed E-state index contributed by atoms with van der Waals surface area (Å²) >= 11 is 0. The van der Waals surface area contributed by atoms with Crippen LogP contribution in [0.15, 0.2) is 31.0 Å². The first-order valence-electron chi connectivity index (χ1n) is 9.06. The fraction of sp³-hybridized carbons (Fsp3) is 0.444. The van der Waals surface area contributed by atoms with E-state index in [2.05, 4.69) is 36.6 Å². The van der Waals surface area contributed by atoms with Gasteiger partial charge in [0.1, 0.15) is 6.29 Å². The van der Waals surface area contributed by atoms with E-state index in [4.69, 9.17) is 0 Å². The van der Waals surface area contributed by atoms with E-state index in [1.54, 1.807) is 6.20 Å². The topological polar surface area (TPSA) is 80.3 Å². The molecule has 4 rings (SSSR count). The number of anilines is 2. The minimum atomic E-state index is 0.371. The quantitative estimate of drug-likeness (QED) is 0.683. The lowest BCUT2D eigenvalue weighted by Crippen LogP contribution is -2.35. The molecule has 1 aliphatic rings. The summed E-state index contributed by atoms with van der Waals surface area (Å²) in [5, 5.41) is 7.86. The Hall–Kier alpha value is -2.74. The number of nitrogens with zero attached hydrogens (tertiary/aromatic N) is 6. The molecule has 3 aromatic heterocycles. The van der Waals surface area contributed by atoms with Gasteiger partial charge in [-0.05, 0) is 19.3 Å². The molecular formula is C18H23N7O. The van der Waals surface area contributed by atoms with Crippen molar-refractivity contribution in [3.8, 4) is 0 Å². The average molecular weight is 353 g/mol. The van der Waals surface area contributed by atoms with Crippen molar-refractivity contribution in [2.45, 2.75) is 32.2 Å². The summed E-state index contributed by atoms with van der Waals surface area (Å²) in [5.41, 5.74) is 2.85. The highest BCUT2D eigenvalue weighted by Crippen LogP contribution is 2.25. The van der Waals surface area contributed by atoms with Gasteiger partial charge in [0, 0.05) is 43.6 Å². The summed E-state index contributed by atoms with van der Waals surface area (Å²) in [5.74, 6) is 0.729. The maximum atomic E-state index is 10.6. The number of hydrogen-bond acceptors (Lipinski definition) is 6. The number of rotatable bonds is 6. The van der Waals surface area contributed by atoms with Crippen LogP contribution in [0.4, 0.5) is 11.5 Å². The van der Waals surface area contributed by atoms with Crippen LogP contribution in [0.25, 0.3) is 5.65 Å². The van der Waals surface area contributed by atoms with Gasteiger partial charge in [-0.2, -0.15) is 5.10 Å². The van der Waals surface area contributed by atoms with Crippen LogP contribution in [0.2, 0.25) is 0 Å². The zero-order valence-corrected chi connectivity index (χ0v) is 14.9. The lowest BCUT2D eigenvalue weighted by atomic mass is 10.1. The van der Waals surface area contributed by atoms with Crippen LogP contribution in [0.1, 0.15) is 31.5 Å². The van der Waals surface area contributed by atoms with Crippen molar-refractivity contribution in [2.24, 2.45) is 0 Å². The Labute approximate surface area is 151 Å². The van der Waals surface area contributed by atoms with E-state index in [9.17, 15) is 4.79 Å². The molecule has 1 fully saturated rings. The molecule has 0 unspecified atom stereocenters. The summed E-state index contributed by atoms with van der Waals surface area (Å²) in [4.78, 5) is 21.8. The molecule has 0 radical (unpaired) electrons. The van der Waals surface area contributed by atoms with Gasteiger partial charge in [0.25, 0.3) is 0 Å². The second-order valence-electron chi connectivity index (χ2n) is 6.61. The molecule has 8 heteroatoms. The fourth-order valence-corrected chi connectivity index (χ4v) is 3.53. The zero-order chi connectivity index (χ0) is 17.9. The second kappa shape index (κ2) is 7.25. The molecular weight excluding hydrogens is 330 g/mol. The SMILES string of the molecule is CCc1cnc(Nc2cnn(C3CCN(CC=O)CC3)c2)c2nccn12. The van der Waals surface area contributed by atoms with Gasteiger partial charge in [-0.15, -0.1) is 0 Å². The van der Waals surface area contributed by atoms with Crippen LogP contribution in [0.3, 0.4) is 0 Å². The number of piperidine rings is 1. The van der Waals surface area contributed by atoms with Crippen LogP contribution in [-0.2, 0) is 11.2 Å². The molecule has 0 aliphatic carbocycles. The maximum Gasteiger partial charge on any atom is 0.180 e. The first kappa shape index (κ1) is 16.7. The summed E-state index contributed by atoms with van der Waals surface area (Å²) in [6, 6.07) is 0.371. The van der Waals surface area contributed by atoms with Crippen molar-refractivity contribution in [1.82, 2.24) is 29.0 Å². The Kier molecular flexibility index (Phi) is 4.66. The smallest absolute Gasteiger partial charge is 0.180 e. The molecule has 0 atom stereocenters. The fourth-order valence-electron chi connectivity index (χ4n) is 3.53. The van der Waals surface area contributed by atoms with Crippen molar-refractivity contribution in [3.05, 3.63) is 36.7 Å². The molecule has 0 saturated carbocycles. The van der Waals surface area contributed by atoms with Crippen molar-refractivity contribution in [2.75, 3.05) is 25.0 Å². The molecule has 0 amide bonds. The predicted molar refractivity (Wildman–Crippen MR) is 98.6 cm³/mol. The standard InChI is InChI=1S/C18H23N7O/c1-2-15-12-20-17(18-19-5-8-24(15)18)22-14-11-21-25(13-14)16-3-6-23(7-4-16)9-10-26/h5,8,10-13,16H,2-4,6-7,9H2,1H3,(H,20,22). The summed E-state index contributed by atoms with van der Waals surface area (Å²) in [6.07, 6.45) is 13.4. The number of aldehydes is 1. The van der Waals surface area contributed by atoms with E-state index >= 15 is 0 Å². The number of nitrogens with one attached hydrogen (secondary N) is 1. The van der Waals surface area contributed by atoms with Gasteiger partial charge in [-0.1, -0.05) is 6.92 Å². The van der Waals surface area contributed by atoms with E-state index in [0.717, 1.165) is 61.5 Å². The number of likely N-dealkylation sites (tertiary alicyclic amines) is 1. The van der Waals surface area contributed by atoms with E-state index in [0.29, 0.717) is 12.6 Å². The molecule has 4 heterocycles. The lowest BCUT2D eigenvalue weighted by Gasteiger charge is -2.30. The van der Waals surface area contributed by atoms with Gasteiger partial charge in [0.05, 0.1) is 24.5 Å². The second-order valence-corrected chi connectivity index (χ2v) is 6.61. The number of aromatic nitrogens is 5. The number of imidazole rings is 1. The molecule has 8 nitrogen and oxygen atoms in total. The van der Waals surface area contributed by atoms with Gasteiger partial charge in [-0.3, -0.25) is 14.0 Å². The van der Waals surface area contributed by atoms with Gasteiger partial charge in [-0.25, -0.2) is 9.97 Å². The first-order chi connectivity index (χ1) is 12.8. The Bertz CT molecular complexity index is 892. The van der Waals surface area contributed by atoms with Crippen LogP contribution < -0.4 is 5.32 Å². The van der Waals surface area contributed by atoms with Gasteiger partial charge in [0.2, 0.25) is 0 Å². The molecule has 0 aromatic carbocycles. The Morgan fingerprint density at radius 3 is 2.88 bits per heavy atom. The lowest BCUT2D eigenvalue weighted by molar-refractivity contribution is -0.109. The minimum absolute atomic E-state index is 0.371. The zero-order valence-electron chi connectivity index (χ0n) is 14.9. The van der Waals surface area contributed by atoms with Crippen molar-refractivity contribution < 1.29 is 4.79 Å². The van der Waals surface area contributed by atoms with Crippen molar-refractivity contribution >= 4 is 23.4 Å². The highest BCUT2D eigenvalue weighted by atomic mass is 16.1. The van der Waals surface area contributed by atoms with E-state index < -0.39 is 0 Å². The van der Waals surface area contributed by atoms with E-state index in [-0.39, 0.29) is 0 Å². The maximum absolute atomic E-state index is 10.6. The highest BCUT2D eigenvalue weighted by Gasteiger charge is 2.21. The normalized spacial score (nSPS) is 16.2. The Morgan fingerprint density at radius 2 is 2.12 bits per heavy atom. The van der Waals surface area contributed by atoms with Crippen LogP contribution in [0.5, 0.6) is 0 Å². The highest BCUT2D eigenvalue weighted by molar-refractivity contribution is 5.69. The molecule has 1 saturated heterocycles. The molecule has 26 heavy (non-hydrogen) atoms. The number of carbonyl (C=O) groups is 1. The van der Waals surface area contributed by atoms with Crippen LogP contribution in [0, 0.1) is 0 Å². The summed E-state index contributed by atoms with van der Waals surface area (Å²) in [6.45, 7) is 4.49. The Morgan fingerprint density at radius 1 is 1.27 bits per heavy atom. The summed E-state index contributed by atoms with van der Waals surface area (Å²) < 4.78 is 4.08. The van der Waals surface area contributed by atoms with Crippen molar-refractivity contribution in [1.29, 1.82) is 0 Å². The summed E-state index contributed by atoms with van der Waals surface area (Å²) in [7, 11) is 0. The molecule has 0 spiro atoms. The Balaban J connectivity index is 1.48. The molecule has 0 bridgehead atoms.